The zero-order chi connectivity index (χ0) is 22.7. The molecule has 0 fully saturated rings. The Labute approximate surface area is 187 Å². The van der Waals surface area contributed by atoms with Crippen molar-refractivity contribution in [2.24, 2.45) is 0 Å². The van der Waals surface area contributed by atoms with Crippen LogP contribution >= 0.6 is 0 Å². The minimum atomic E-state index is 0.276. The third kappa shape index (κ3) is 7.89. The van der Waals surface area contributed by atoms with Crippen LogP contribution in [0, 0.1) is 0 Å². The number of fused-ring (bicyclic) bond motifs is 2. The van der Waals surface area contributed by atoms with Gasteiger partial charge in [-0.15, -0.1) is 0 Å². The standard InChI is InChI=1S/C14H21N.C10H13N.2C2H6/c1-14(2,3)13-6-5-12-10-15(4)8-7-11(12)9-13;1-11-7-6-9-4-2-3-5-10(9)8-11;2*1-2/h5-6,9H,7-8,10H2,1-4H3;2-5H,6-8H2,1H3;2*1-2H3. The second-order valence-corrected chi connectivity index (χ2v) is 8.98. The largest absolute Gasteiger partial charge is 0.302 e. The van der Waals surface area contributed by atoms with Crippen molar-refractivity contribution in [1.82, 2.24) is 9.80 Å². The molecule has 0 N–H and O–H groups in total. The first-order valence-electron chi connectivity index (χ1n) is 11.9. The summed E-state index contributed by atoms with van der Waals surface area (Å²) in [5.74, 6) is 0. The highest BCUT2D eigenvalue weighted by molar-refractivity contribution is 5.36. The number of hydrogen-bond donors (Lipinski definition) is 0. The molecule has 168 valence electrons. The summed E-state index contributed by atoms with van der Waals surface area (Å²) in [6, 6.07) is 15.7. The molecule has 0 aromatic heterocycles. The molecule has 2 aliphatic heterocycles. The van der Waals surface area contributed by atoms with Crippen LogP contribution in [-0.4, -0.2) is 37.0 Å². The Morgan fingerprint density at radius 2 is 1.10 bits per heavy atom. The lowest BCUT2D eigenvalue weighted by Crippen LogP contribution is -2.27. The Morgan fingerprint density at radius 3 is 1.63 bits per heavy atom. The van der Waals surface area contributed by atoms with Gasteiger partial charge in [-0.1, -0.05) is 90.9 Å². The van der Waals surface area contributed by atoms with Crippen molar-refractivity contribution in [3.05, 3.63) is 70.3 Å². The van der Waals surface area contributed by atoms with Gasteiger partial charge >= 0.3 is 0 Å². The van der Waals surface area contributed by atoms with Crippen molar-refractivity contribution in [3.8, 4) is 0 Å². The van der Waals surface area contributed by atoms with Gasteiger partial charge in [0.1, 0.15) is 0 Å². The van der Waals surface area contributed by atoms with Crippen molar-refractivity contribution in [1.29, 1.82) is 0 Å². The zero-order valence-electron chi connectivity index (χ0n) is 21.2. The van der Waals surface area contributed by atoms with Crippen molar-refractivity contribution in [2.45, 2.75) is 79.8 Å². The van der Waals surface area contributed by atoms with Gasteiger partial charge in [0.25, 0.3) is 0 Å². The first kappa shape index (κ1) is 26.4. The Kier molecular flexibility index (Phi) is 11.4. The van der Waals surface area contributed by atoms with E-state index in [9.17, 15) is 0 Å². The smallest absolute Gasteiger partial charge is 0.0233 e. The highest BCUT2D eigenvalue weighted by atomic mass is 15.1. The lowest BCUT2D eigenvalue weighted by atomic mass is 9.84. The van der Waals surface area contributed by atoms with E-state index in [-0.39, 0.29) is 5.41 Å². The molecular formula is C28H46N2. The summed E-state index contributed by atoms with van der Waals surface area (Å²) < 4.78 is 0. The molecule has 0 saturated carbocycles. The molecule has 0 amide bonds. The fourth-order valence-corrected chi connectivity index (χ4v) is 3.80. The highest BCUT2D eigenvalue weighted by Gasteiger charge is 2.18. The summed E-state index contributed by atoms with van der Waals surface area (Å²) >= 11 is 0. The molecule has 2 aliphatic rings. The summed E-state index contributed by atoms with van der Waals surface area (Å²) in [6.45, 7) is 19.5. The molecule has 2 nitrogen and oxygen atoms in total. The van der Waals surface area contributed by atoms with Crippen LogP contribution in [0.15, 0.2) is 42.5 Å². The molecule has 30 heavy (non-hydrogen) atoms. The molecule has 0 bridgehead atoms. The van der Waals surface area contributed by atoms with Gasteiger partial charge in [-0.25, -0.2) is 0 Å². The number of nitrogens with zero attached hydrogens (tertiary/aromatic N) is 2. The lowest BCUT2D eigenvalue weighted by Gasteiger charge is -2.27. The van der Waals surface area contributed by atoms with Crippen LogP contribution < -0.4 is 0 Å². The van der Waals surface area contributed by atoms with Gasteiger partial charge in [-0.3, -0.25) is 0 Å². The fourth-order valence-electron chi connectivity index (χ4n) is 3.80. The van der Waals surface area contributed by atoms with Crippen molar-refractivity contribution >= 4 is 0 Å². The molecule has 0 saturated heterocycles. The topological polar surface area (TPSA) is 6.48 Å². The second kappa shape index (κ2) is 12.9. The normalized spacial score (nSPS) is 15.8. The highest BCUT2D eigenvalue weighted by Crippen LogP contribution is 2.27. The maximum Gasteiger partial charge on any atom is 0.0233 e. The Hall–Kier alpha value is -1.64. The van der Waals surface area contributed by atoms with E-state index in [2.05, 4.69) is 87.1 Å². The molecular weight excluding hydrogens is 364 g/mol. The summed E-state index contributed by atoms with van der Waals surface area (Å²) in [4.78, 5) is 4.75. The van der Waals surface area contributed by atoms with Crippen LogP contribution in [0.5, 0.6) is 0 Å². The SMILES string of the molecule is CC.CC.CN1CCc2cc(C(C)(C)C)ccc2C1.CN1CCc2ccccc2C1. The van der Waals surface area contributed by atoms with Gasteiger partial charge in [-0.05, 0) is 60.2 Å². The van der Waals surface area contributed by atoms with Crippen molar-refractivity contribution < 1.29 is 0 Å². The molecule has 2 aromatic carbocycles. The molecule has 0 unspecified atom stereocenters. The molecule has 0 aliphatic carbocycles. The van der Waals surface area contributed by atoms with Crippen LogP contribution in [-0.2, 0) is 31.3 Å². The number of hydrogen-bond acceptors (Lipinski definition) is 2. The van der Waals surface area contributed by atoms with E-state index in [1.807, 2.05) is 27.7 Å². The first-order valence-corrected chi connectivity index (χ1v) is 11.9. The Bertz CT molecular complexity index is 743. The molecule has 4 rings (SSSR count). The van der Waals surface area contributed by atoms with Gasteiger partial charge in [0.2, 0.25) is 0 Å². The predicted octanol–water partition coefficient (Wildman–Crippen LogP) is 6.70. The van der Waals surface area contributed by atoms with Gasteiger partial charge in [0, 0.05) is 26.2 Å². The first-order chi connectivity index (χ1) is 14.3. The van der Waals surface area contributed by atoms with Crippen molar-refractivity contribution in [2.75, 3.05) is 27.2 Å². The predicted molar refractivity (Wildman–Crippen MR) is 134 cm³/mol. The Morgan fingerprint density at radius 1 is 0.633 bits per heavy atom. The number of rotatable bonds is 0. The van der Waals surface area contributed by atoms with Crippen LogP contribution in [0.2, 0.25) is 0 Å². The number of likely N-dealkylation sites (N-methyl/N-ethyl adjacent to an activating group) is 2. The third-order valence-electron chi connectivity index (χ3n) is 5.60. The van der Waals surface area contributed by atoms with Crippen LogP contribution in [0.25, 0.3) is 0 Å². The molecule has 0 atom stereocenters. The van der Waals surface area contributed by atoms with Crippen LogP contribution in [0.4, 0.5) is 0 Å². The summed E-state index contributed by atoms with van der Waals surface area (Å²) in [6.07, 6.45) is 2.42. The lowest BCUT2D eigenvalue weighted by molar-refractivity contribution is 0.312. The van der Waals surface area contributed by atoms with Gasteiger partial charge in [0.05, 0.1) is 0 Å². The van der Waals surface area contributed by atoms with E-state index in [1.54, 1.807) is 5.56 Å². The summed E-state index contributed by atoms with van der Waals surface area (Å²) in [7, 11) is 4.37. The zero-order valence-corrected chi connectivity index (χ0v) is 21.2. The molecule has 0 spiro atoms. The quantitative estimate of drug-likeness (QED) is 0.477. The average Bonchev–Trinajstić information content (AvgIpc) is 2.76. The maximum absolute atomic E-state index is 2.41. The van der Waals surface area contributed by atoms with E-state index in [0.29, 0.717) is 0 Å². The van der Waals surface area contributed by atoms with E-state index in [4.69, 9.17) is 0 Å². The van der Waals surface area contributed by atoms with Gasteiger partial charge < -0.3 is 9.80 Å². The average molecular weight is 411 g/mol. The van der Waals surface area contributed by atoms with E-state index < -0.39 is 0 Å². The number of benzene rings is 2. The fraction of sp³-hybridized carbons (Fsp3) is 0.571. The molecule has 2 aromatic rings. The van der Waals surface area contributed by atoms with E-state index in [0.717, 1.165) is 13.1 Å². The monoisotopic (exact) mass is 410 g/mol. The minimum Gasteiger partial charge on any atom is -0.302 e. The second-order valence-electron chi connectivity index (χ2n) is 8.98. The van der Waals surface area contributed by atoms with E-state index >= 15 is 0 Å². The van der Waals surface area contributed by atoms with Gasteiger partial charge in [-0.2, -0.15) is 0 Å². The summed E-state index contributed by atoms with van der Waals surface area (Å²) in [5.41, 5.74) is 7.84. The van der Waals surface area contributed by atoms with Crippen molar-refractivity contribution in [3.63, 3.8) is 0 Å². The van der Waals surface area contributed by atoms with Crippen LogP contribution in [0.1, 0.15) is 76.3 Å². The van der Waals surface area contributed by atoms with E-state index in [1.165, 1.54) is 48.2 Å². The molecule has 2 heteroatoms. The third-order valence-corrected chi connectivity index (χ3v) is 5.60. The minimum absolute atomic E-state index is 0.276. The molecule has 2 heterocycles. The maximum atomic E-state index is 2.41. The Balaban J connectivity index is 0.000000265. The summed E-state index contributed by atoms with van der Waals surface area (Å²) in [5, 5.41) is 0. The van der Waals surface area contributed by atoms with Crippen LogP contribution in [0.3, 0.4) is 0 Å². The van der Waals surface area contributed by atoms with Gasteiger partial charge in [0.15, 0.2) is 0 Å². The molecule has 0 radical (unpaired) electrons.